The van der Waals surface area contributed by atoms with Crippen molar-refractivity contribution in [3.05, 3.63) is 22.4 Å². The van der Waals surface area contributed by atoms with Crippen LogP contribution in [-0.4, -0.2) is 36.1 Å². The molecule has 0 bridgehead atoms. The third kappa shape index (κ3) is 4.70. The number of rotatable bonds is 4. The lowest BCUT2D eigenvalue weighted by Gasteiger charge is -2.35. The number of carbonyl (C=O) groups excluding carboxylic acids is 1. The molecule has 2 fully saturated rings. The minimum absolute atomic E-state index is 0.154. The fraction of sp³-hybridized carbons (Fsp3) is 0.722. The normalized spacial score (nSPS) is 22.0. The lowest BCUT2D eigenvalue weighted by Crippen LogP contribution is -2.51. The molecular formula is C18H29N3OS. The van der Waals surface area contributed by atoms with Gasteiger partial charge in [0, 0.05) is 36.1 Å². The summed E-state index contributed by atoms with van der Waals surface area (Å²) in [6.45, 7) is 3.97. The summed E-state index contributed by atoms with van der Waals surface area (Å²) >= 11 is 1.81. The van der Waals surface area contributed by atoms with Crippen molar-refractivity contribution in [2.75, 3.05) is 13.1 Å². The Balaban J connectivity index is 1.40. The number of likely N-dealkylation sites (tertiary alicyclic amines) is 1. The summed E-state index contributed by atoms with van der Waals surface area (Å²) in [4.78, 5) is 15.8. The van der Waals surface area contributed by atoms with Crippen LogP contribution in [0.3, 0.4) is 0 Å². The highest BCUT2D eigenvalue weighted by Gasteiger charge is 2.25. The van der Waals surface area contributed by atoms with E-state index in [1.165, 1.54) is 24.1 Å². The van der Waals surface area contributed by atoms with Gasteiger partial charge in [0.2, 0.25) is 0 Å². The minimum atomic E-state index is 0.154. The van der Waals surface area contributed by atoms with Gasteiger partial charge in [-0.1, -0.05) is 25.3 Å². The van der Waals surface area contributed by atoms with Crippen molar-refractivity contribution in [2.24, 2.45) is 0 Å². The molecule has 1 aliphatic carbocycles. The summed E-state index contributed by atoms with van der Waals surface area (Å²) in [5, 5.41) is 9.08. The lowest BCUT2D eigenvalue weighted by molar-refractivity contribution is 0.168. The van der Waals surface area contributed by atoms with Crippen LogP contribution in [0.4, 0.5) is 4.79 Å². The summed E-state index contributed by atoms with van der Waals surface area (Å²) in [6, 6.07) is 5.78. The van der Waals surface area contributed by atoms with Crippen LogP contribution in [0.15, 0.2) is 17.5 Å². The maximum absolute atomic E-state index is 12.4. The summed E-state index contributed by atoms with van der Waals surface area (Å²) in [6.07, 6.45) is 8.26. The average Bonchev–Trinajstić information content (AvgIpc) is 3.11. The maximum atomic E-state index is 12.4. The molecule has 0 aromatic carbocycles. The van der Waals surface area contributed by atoms with Gasteiger partial charge in [0.25, 0.3) is 0 Å². The molecule has 2 aliphatic rings. The monoisotopic (exact) mass is 335 g/mol. The van der Waals surface area contributed by atoms with Crippen molar-refractivity contribution in [1.82, 2.24) is 15.5 Å². The zero-order valence-electron chi connectivity index (χ0n) is 14.1. The van der Waals surface area contributed by atoms with Gasteiger partial charge in [0.15, 0.2) is 0 Å². The van der Waals surface area contributed by atoms with E-state index in [9.17, 15) is 4.79 Å². The Labute approximate surface area is 143 Å². The molecule has 1 unspecified atom stereocenters. The Morgan fingerprint density at radius 3 is 2.57 bits per heavy atom. The van der Waals surface area contributed by atoms with Gasteiger partial charge in [0.05, 0.1) is 0 Å². The van der Waals surface area contributed by atoms with Gasteiger partial charge in [-0.3, -0.25) is 0 Å². The first-order valence-corrected chi connectivity index (χ1v) is 9.95. The molecule has 1 saturated heterocycles. The molecular weight excluding hydrogens is 306 g/mol. The Kier molecular flexibility index (Phi) is 5.95. The van der Waals surface area contributed by atoms with E-state index in [0.29, 0.717) is 18.1 Å². The molecule has 1 atom stereocenters. The summed E-state index contributed by atoms with van der Waals surface area (Å²) in [7, 11) is 0. The Morgan fingerprint density at radius 2 is 1.91 bits per heavy atom. The topological polar surface area (TPSA) is 44.4 Å². The van der Waals surface area contributed by atoms with Crippen LogP contribution in [0, 0.1) is 0 Å². The fourth-order valence-electron chi connectivity index (χ4n) is 3.74. The molecule has 5 heteroatoms. The van der Waals surface area contributed by atoms with Crippen molar-refractivity contribution in [1.29, 1.82) is 0 Å². The molecule has 1 aliphatic heterocycles. The number of hydrogen-bond donors (Lipinski definition) is 2. The van der Waals surface area contributed by atoms with E-state index in [0.717, 1.165) is 38.8 Å². The molecule has 4 nitrogen and oxygen atoms in total. The molecule has 0 radical (unpaired) electrons. The predicted octanol–water partition coefficient (Wildman–Crippen LogP) is 3.91. The van der Waals surface area contributed by atoms with Gasteiger partial charge >= 0.3 is 6.03 Å². The summed E-state index contributed by atoms with van der Waals surface area (Å²) < 4.78 is 0. The Bertz CT molecular complexity index is 476. The van der Waals surface area contributed by atoms with Crippen LogP contribution >= 0.6 is 11.3 Å². The van der Waals surface area contributed by atoms with Crippen LogP contribution in [0.1, 0.15) is 62.8 Å². The number of nitrogens with one attached hydrogen (secondary N) is 2. The van der Waals surface area contributed by atoms with Crippen LogP contribution < -0.4 is 10.6 Å². The maximum Gasteiger partial charge on any atom is 0.317 e. The van der Waals surface area contributed by atoms with Crippen molar-refractivity contribution in [3.8, 4) is 0 Å². The number of amides is 2. The molecule has 23 heavy (non-hydrogen) atoms. The molecule has 2 heterocycles. The predicted molar refractivity (Wildman–Crippen MR) is 95.9 cm³/mol. The SMILES string of the molecule is CC(NC1CCN(C(=O)NC2CCCCC2)CC1)c1cccs1. The third-order valence-corrected chi connectivity index (χ3v) is 6.23. The smallest absolute Gasteiger partial charge is 0.317 e. The first kappa shape index (κ1) is 16.8. The van der Waals surface area contributed by atoms with Gasteiger partial charge in [-0.2, -0.15) is 0 Å². The first-order valence-electron chi connectivity index (χ1n) is 9.07. The van der Waals surface area contributed by atoms with Crippen LogP contribution in [0.25, 0.3) is 0 Å². The molecule has 128 valence electrons. The summed E-state index contributed by atoms with van der Waals surface area (Å²) in [5.41, 5.74) is 0. The van der Waals surface area contributed by atoms with Gasteiger partial charge in [-0.05, 0) is 44.1 Å². The number of urea groups is 1. The molecule has 3 rings (SSSR count). The zero-order chi connectivity index (χ0) is 16.1. The number of piperidine rings is 1. The van der Waals surface area contributed by atoms with E-state index in [4.69, 9.17) is 0 Å². The highest BCUT2D eigenvalue weighted by molar-refractivity contribution is 7.10. The molecule has 1 aromatic rings. The second-order valence-electron chi connectivity index (χ2n) is 6.95. The lowest BCUT2D eigenvalue weighted by atomic mass is 9.95. The summed E-state index contributed by atoms with van der Waals surface area (Å²) in [5.74, 6) is 0. The van der Waals surface area contributed by atoms with Gasteiger partial charge in [-0.15, -0.1) is 11.3 Å². The Hall–Kier alpha value is -1.07. The van der Waals surface area contributed by atoms with Gasteiger partial charge in [-0.25, -0.2) is 4.79 Å². The van der Waals surface area contributed by atoms with Crippen LogP contribution in [-0.2, 0) is 0 Å². The van der Waals surface area contributed by atoms with Crippen molar-refractivity contribution in [3.63, 3.8) is 0 Å². The molecule has 1 aromatic heterocycles. The quantitative estimate of drug-likeness (QED) is 0.876. The highest BCUT2D eigenvalue weighted by Crippen LogP contribution is 2.22. The third-order valence-electron chi connectivity index (χ3n) is 5.17. The number of nitrogens with zero attached hydrogens (tertiary/aromatic N) is 1. The number of carbonyl (C=O) groups is 1. The second-order valence-corrected chi connectivity index (χ2v) is 7.93. The van der Waals surface area contributed by atoms with Gasteiger partial charge < -0.3 is 15.5 Å². The molecule has 0 spiro atoms. The van der Waals surface area contributed by atoms with E-state index in [1.807, 2.05) is 16.2 Å². The average molecular weight is 336 g/mol. The van der Waals surface area contributed by atoms with E-state index in [1.54, 1.807) is 0 Å². The molecule has 2 amide bonds. The molecule has 2 N–H and O–H groups in total. The van der Waals surface area contributed by atoms with Crippen molar-refractivity contribution >= 4 is 17.4 Å². The van der Waals surface area contributed by atoms with Crippen molar-refractivity contribution in [2.45, 2.75) is 70.0 Å². The van der Waals surface area contributed by atoms with E-state index >= 15 is 0 Å². The number of hydrogen-bond acceptors (Lipinski definition) is 3. The fourth-order valence-corrected chi connectivity index (χ4v) is 4.48. The van der Waals surface area contributed by atoms with E-state index in [-0.39, 0.29) is 6.03 Å². The minimum Gasteiger partial charge on any atom is -0.335 e. The Morgan fingerprint density at radius 1 is 1.17 bits per heavy atom. The standard InChI is InChI=1S/C18H29N3OS/c1-14(17-8-5-13-23-17)19-16-9-11-21(12-10-16)18(22)20-15-6-3-2-4-7-15/h5,8,13-16,19H,2-4,6-7,9-12H2,1H3,(H,20,22). The van der Waals surface area contributed by atoms with Crippen molar-refractivity contribution < 1.29 is 4.79 Å². The van der Waals surface area contributed by atoms with Crippen LogP contribution in [0.2, 0.25) is 0 Å². The second kappa shape index (κ2) is 8.15. The zero-order valence-corrected chi connectivity index (χ0v) is 14.9. The number of thiophene rings is 1. The van der Waals surface area contributed by atoms with E-state index in [2.05, 4.69) is 35.1 Å². The van der Waals surface area contributed by atoms with E-state index < -0.39 is 0 Å². The van der Waals surface area contributed by atoms with Gasteiger partial charge in [0.1, 0.15) is 0 Å². The van der Waals surface area contributed by atoms with Crippen LogP contribution in [0.5, 0.6) is 0 Å². The molecule has 1 saturated carbocycles. The highest BCUT2D eigenvalue weighted by atomic mass is 32.1. The first-order chi connectivity index (χ1) is 11.2. The largest absolute Gasteiger partial charge is 0.335 e.